The van der Waals surface area contributed by atoms with Gasteiger partial charge < -0.3 is 0 Å². The summed E-state index contributed by atoms with van der Waals surface area (Å²) in [5.41, 5.74) is 1.18. The molecule has 0 radical (unpaired) electrons. The number of thiophene rings is 1. The van der Waals surface area contributed by atoms with E-state index in [1.807, 2.05) is 6.07 Å². The van der Waals surface area contributed by atoms with E-state index in [1.165, 1.54) is 25.7 Å². The lowest BCUT2D eigenvalue weighted by Crippen LogP contribution is -1.74. The summed E-state index contributed by atoms with van der Waals surface area (Å²) < 4.78 is 3.71. The molecule has 80 valence electrons. The van der Waals surface area contributed by atoms with Crippen molar-refractivity contribution >= 4 is 59.0 Å². The molecule has 0 unspecified atom stereocenters. The van der Waals surface area contributed by atoms with Crippen molar-refractivity contribution in [2.24, 2.45) is 0 Å². The molecule has 3 heteroatoms. The minimum absolute atomic E-state index is 0.845. The Balaban J connectivity index is 2.55. The van der Waals surface area contributed by atoms with Gasteiger partial charge in [-0.05, 0) is 30.7 Å². The number of hydrogen-bond acceptors (Lipinski definition) is 1. The summed E-state index contributed by atoms with van der Waals surface area (Å²) in [5, 5.41) is 3.45. The summed E-state index contributed by atoms with van der Waals surface area (Å²) in [6, 6.07) is 10.5. The van der Waals surface area contributed by atoms with Gasteiger partial charge in [0.05, 0.1) is 0 Å². The quantitative estimate of drug-likeness (QED) is 0.494. The first-order valence-corrected chi connectivity index (χ1v) is 6.92. The largest absolute Gasteiger partial charge is 0.135 e. The standard InChI is InChI=1S/C13H8BrClS/c1-7-11(15)5-4-10-9-3-2-8(14)6-12(9)16-13(7)10/h2-6H,1H3. The molecule has 1 aromatic heterocycles. The van der Waals surface area contributed by atoms with Gasteiger partial charge >= 0.3 is 0 Å². The number of aryl methyl sites for hydroxylation is 1. The van der Waals surface area contributed by atoms with E-state index in [-0.39, 0.29) is 0 Å². The molecule has 0 aliphatic carbocycles. The summed E-state index contributed by atoms with van der Waals surface area (Å²) in [6.45, 7) is 2.08. The second-order valence-electron chi connectivity index (χ2n) is 3.79. The highest BCUT2D eigenvalue weighted by molar-refractivity contribution is 9.10. The van der Waals surface area contributed by atoms with Crippen molar-refractivity contribution in [2.75, 3.05) is 0 Å². The van der Waals surface area contributed by atoms with Crippen LogP contribution in [0.3, 0.4) is 0 Å². The highest BCUT2D eigenvalue weighted by Crippen LogP contribution is 2.38. The van der Waals surface area contributed by atoms with Crippen LogP contribution in [0.15, 0.2) is 34.8 Å². The first kappa shape index (κ1) is 10.6. The molecular weight excluding hydrogens is 304 g/mol. The molecule has 0 saturated carbocycles. The van der Waals surface area contributed by atoms with Crippen molar-refractivity contribution in [3.8, 4) is 0 Å². The maximum atomic E-state index is 6.14. The van der Waals surface area contributed by atoms with Gasteiger partial charge in [-0.15, -0.1) is 11.3 Å². The zero-order valence-electron chi connectivity index (χ0n) is 8.55. The molecule has 3 aromatic rings. The molecule has 2 aromatic carbocycles. The lowest BCUT2D eigenvalue weighted by atomic mass is 10.1. The maximum Gasteiger partial charge on any atom is 0.0449 e. The lowest BCUT2D eigenvalue weighted by molar-refractivity contribution is 1.56. The van der Waals surface area contributed by atoms with E-state index in [4.69, 9.17) is 11.6 Å². The fourth-order valence-corrected chi connectivity index (χ4v) is 3.90. The number of halogens is 2. The molecule has 0 fully saturated rings. The Hall–Kier alpha value is -0.570. The van der Waals surface area contributed by atoms with Gasteiger partial charge in [0.15, 0.2) is 0 Å². The fourth-order valence-electron chi connectivity index (χ4n) is 1.92. The van der Waals surface area contributed by atoms with Crippen molar-refractivity contribution in [3.05, 3.63) is 45.4 Å². The van der Waals surface area contributed by atoms with E-state index < -0.39 is 0 Å². The number of hydrogen-bond donors (Lipinski definition) is 0. The van der Waals surface area contributed by atoms with Crippen molar-refractivity contribution in [1.82, 2.24) is 0 Å². The minimum Gasteiger partial charge on any atom is -0.135 e. The van der Waals surface area contributed by atoms with Crippen LogP contribution in [0.5, 0.6) is 0 Å². The van der Waals surface area contributed by atoms with E-state index in [0.717, 1.165) is 9.50 Å². The van der Waals surface area contributed by atoms with E-state index in [1.54, 1.807) is 11.3 Å². The predicted octanol–water partition coefficient (Wildman–Crippen LogP) is 5.78. The van der Waals surface area contributed by atoms with Crippen LogP contribution < -0.4 is 0 Å². The highest BCUT2D eigenvalue weighted by atomic mass is 79.9. The zero-order chi connectivity index (χ0) is 11.3. The molecule has 0 nitrogen and oxygen atoms in total. The van der Waals surface area contributed by atoms with Crippen LogP contribution in [0.25, 0.3) is 20.2 Å². The normalized spacial score (nSPS) is 11.4. The van der Waals surface area contributed by atoms with Crippen molar-refractivity contribution in [3.63, 3.8) is 0 Å². The van der Waals surface area contributed by atoms with Gasteiger partial charge in [0.25, 0.3) is 0 Å². The van der Waals surface area contributed by atoms with Crippen LogP contribution >= 0.6 is 38.9 Å². The topological polar surface area (TPSA) is 0 Å². The Kier molecular flexibility index (Phi) is 2.46. The first-order valence-electron chi connectivity index (χ1n) is 4.93. The summed E-state index contributed by atoms with van der Waals surface area (Å²) in [7, 11) is 0. The van der Waals surface area contributed by atoms with Crippen molar-refractivity contribution < 1.29 is 0 Å². The summed E-state index contributed by atoms with van der Waals surface area (Å²) in [6.07, 6.45) is 0. The van der Waals surface area contributed by atoms with Crippen LogP contribution in [0, 0.1) is 6.92 Å². The van der Waals surface area contributed by atoms with E-state index in [9.17, 15) is 0 Å². The Morgan fingerprint density at radius 2 is 1.88 bits per heavy atom. The van der Waals surface area contributed by atoms with Crippen LogP contribution in [-0.4, -0.2) is 0 Å². The monoisotopic (exact) mass is 310 g/mol. The Labute approximate surface area is 111 Å². The molecule has 0 aliphatic heterocycles. The summed E-state index contributed by atoms with van der Waals surface area (Å²) in [5.74, 6) is 0. The molecule has 1 heterocycles. The van der Waals surface area contributed by atoms with E-state index >= 15 is 0 Å². The van der Waals surface area contributed by atoms with Crippen LogP contribution in [0.1, 0.15) is 5.56 Å². The molecule has 16 heavy (non-hydrogen) atoms. The van der Waals surface area contributed by atoms with Gasteiger partial charge in [0, 0.05) is 29.7 Å². The zero-order valence-corrected chi connectivity index (χ0v) is 11.7. The molecule has 0 saturated heterocycles. The Bertz CT molecular complexity index is 700. The minimum atomic E-state index is 0.845. The molecule has 0 aliphatic rings. The van der Waals surface area contributed by atoms with E-state index in [2.05, 4.69) is 47.1 Å². The average Bonchev–Trinajstić information content (AvgIpc) is 2.62. The molecular formula is C13H8BrClS. The number of benzene rings is 2. The summed E-state index contributed by atoms with van der Waals surface area (Å²) in [4.78, 5) is 0. The third-order valence-corrected chi connectivity index (χ3v) is 4.98. The number of rotatable bonds is 0. The van der Waals surface area contributed by atoms with Gasteiger partial charge in [-0.3, -0.25) is 0 Å². The van der Waals surface area contributed by atoms with Gasteiger partial charge in [-0.25, -0.2) is 0 Å². The predicted molar refractivity (Wildman–Crippen MR) is 76.8 cm³/mol. The van der Waals surface area contributed by atoms with Gasteiger partial charge in [-0.1, -0.05) is 39.7 Å². The fraction of sp³-hybridized carbons (Fsp3) is 0.0769. The average molecular weight is 312 g/mol. The second-order valence-corrected chi connectivity index (χ2v) is 6.17. The molecule has 0 N–H and O–H groups in total. The van der Waals surface area contributed by atoms with Gasteiger partial charge in [0.1, 0.15) is 0 Å². The van der Waals surface area contributed by atoms with Crippen LogP contribution in [0.2, 0.25) is 5.02 Å². The van der Waals surface area contributed by atoms with E-state index in [0.29, 0.717) is 0 Å². The second kappa shape index (κ2) is 3.73. The SMILES string of the molecule is Cc1c(Cl)ccc2c1sc1cc(Br)ccc12. The van der Waals surface area contributed by atoms with Gasteiger partial charge in [-0.2, -0.15) is 0 Å². The van der Waals surface area contributed by atoms with Crippen molar-refractivity contribution in [1.29, 1.82) is 0 Å². The first-order chi connectivity index (χ1) is 7.66. The number of fused-ring (bicyclic) bond motifs is 3. The Morgan fingerprint density at radius 3 is 2.69 bits per heavy atom. The third kappa shape index (κ3) is 1.48. The molecule has 0 amide bonds. The molecule has 0 bridgehead atoms. The maximum absolute atomic E-state index is 6.14. The smallest absolute Gasteiger partial charge is 0.0449 e. The highest BCUT2D eigenvalue weighted by Gasteiger charge is 2.09. The van der Waals surface area contributed by atoms with Crippen LogP contribution in [0.4, 0.5) is 0 Å². The third-order valence-electron chi connectivity index (χ3n) is 2.79. The van der Waals surface area contributed by atoms with Crippen LogP contribution in [-0.2, 0) is 0 Å². The molecule has 0 atom stereocenters. The molecule has 3 rings (SSSR count). The summed E-state index contributed by atoms with van der Waals surface area (Å²) >= 11 is 11.4. The Morgan fingerprint density at radius 1 is 1.12 bits per heavy atom. The van der Waals surface area contributed by atoms with Gasteiger partial charge in [0.2, 0.25) is 0 Å². The molecule has 0 spiro atoms. The lowest BCUT2D eigenvalue weighted by Gasteiger charge is -1.98. The van der Waals surface area contributed by atoms with Crippen molar-refractivity contribution in [2.45, 2.75) is 6.92 Å².